The fourth-order valence-corrected chi connectivity index (χ4v) is 3.17. The summed E-state index contributed by atoms with van der Waals surface area (Å²) in [5, 5.41) is 11.8. The van der Waals surface area contributed by atoms with Gasteiger partial charge >= 0.3 is 0 Å². The maximum absolute atomic E-state index is 13.4. The molecule has 10 heteroatoms. The van der Waals surface area contributed by atoms with Gasteiger partial charge in [-0.05, 0) is 54.2 Å². The molecule has 0 bridgehead atoms. The number of sulfonamides is 1. The number of aromatic amines is 1. The van der Waals surface area contributed by atoms with Crippen LogP contribution in [0.4, 0.5) is 8.78 Å². The van der Waals surface area contributed by atoms with Crippen molar-refractivity contribution in [3.05, 3.63) is 70.3 Å². The average Bonchev–Trinajstić information content (AvgIpc) is 2.86. The van der Waals surface area contributed by atoms with E-state index in [4.69, 9.17) is 17.4 Å². The van der Waals surface area contributed by atoms with Crippen LogP contribution >= 0.6 is 12.2 Å². The van der Waals surface area contributed by atoms with Crippen LogP contribution in [0.15, 0.2) is 47.4 Å². The molecule has 0 aliphatic rings. The third kappa shape index (κ3) is 3.81. The molecule has 0 unspecified atom stereocenters. The molecule has 0 amide bonds. The summed E-state index contributed by atoms with van der Waals surface area (Å²) in [5.41, 5.74) is 0.923. The highest BCUT2D eigenvalue weighted by atomic mass is 32.2. The smallest absolute Gasteiger partial charge is 0.238 e. The Morgan fingerprint density at radius 3 is 2.28 bits per heavy atom. The summed E-state index contributed by atoms with van der Waals surface area (Å²) in [6, 6.07) is 8.90. The molecule has 0 fully saturated rings. The quantitative estimate of drug-likeness (QED) is 0.678. The lowest BCUT2D eigenvalue weighted by molar-refractivity contribution is 0.580. The first kappa shape index (κ1) is 17.4. The second kappa shape index (κ2) is 6.47. The second-order valence-electron chi connectivity index (χ2n) is 5.27. The van der Waals surface area contributed by atoms with Gasteiger partial charge in [-0.3, -0.25) is 9.67 Å². The molecule has 0 aliphatic heterocycles. The number of nitrogens with one attached hydrogen (secondary N) is 1. The topological polar surface area (TPSA) is 93.8 Å². The van der Waals surface area contributed by atoms with Crippen LogP contribution in [0.1, 0.15) is 11.4 Å². The molecule has 1 heterocycles. The van der Waals surface area contributed by atoms with Crippen LogP contribution in [-0.2, 0) is 16.4 Å². The number of aromatic nitrogens is 3. The molecular weight excluding hydrogens is 370 g/mol. The monoisotopic (exact) mass is 382 g/mol. The van der Waals surface area contributed by atoms with E-state index in [1.54, 1.807) is 4.57 Å². The zero-order chi connectivity index (χ0) is 18.2. The van der Waals surface area contributed by atoms with Crippen molar-refractivity contribution in [3.63, 3.8) is 0 Å². The Bertz CT molecular complexity index is 1070. The van der Waals surface area contributed by atoms with Gasteiger partial charge in [-0.15, -0.1) is 0 Å². The van der Waals surface area contributed by atoms with E-state index in [2.05, 4.69) is 10.2 Å². The molecule has 3 rings (SSSR count). The van der Waals surface area contributed by atoms with Gasteiger partial charge in [0.1, 0.15) is 17.5 Å². The fourth-order valence-electron chi connectivity index (χ4n) is 2.39. The van der Waals surface area contributed by atoms with Crippen LogP contribution in [0, 0.1) is 16.4 Å². The van der Waals surface area contributed by atoms with E-state index in [0.717, 1.165) is 6.07 Å². The van der Waals surface area contributed by atoms with Gasteiger partial charge in [0, 0.05) is 18.2 Å². The SMILES string of the molecule is NS(=O)(=O)c1ccc(-n2c(Cc3cc(F)cc(F)c3)n[nH]c2=S)cc1. The highest BCUT2D eigenvalue weighted by Crippen LogP contribution is 2.18. The highest BCUT2D eigenvalue weighted by molar-refractivity contribution is 7.89. The van der Waals surface area contributed by atoms with Crippen molar-refractivity contribution in [2.24, 2.45) is 5.14 Å². The van der Waals surface area contributed by atoms with E-state index in [0.29, 0.717) is 17.1 Å². The van der Waals surface area contributed by atoms with Gasteiger partial charge < -0.3 is 0 Å². The molecular formula is C15H12F2N4O2S2. The van der Waals surface area contributed by atoms with Crippen molar-refractivity contribution >= 4 is 22.2 Å². The lowest BCUT2D eigenvalue weighted by Crippen LogP contribution is -2.12. The Kier molecular flexibility index (Phi) is 4.50. The minimum absolute atomic E-state index is 0.0417. The predicted octanol–water partition coefficient (Wildman–Crippen LogP) is 2.45. The maximum atomic E-state index is 13.4. The number of hydrogen-bond acceptors (Lipinski definition) is 4. The summed E-state index contributed by atoms with van der Waals surface area (Å²) in [5.74, 6) is -0.959. The molecule has 0 saturated carbocycles. The summed E-state index contributed by atoms with van der Waals surface area (Å²) in [6.45, 7) is 0. The van der Waals surface area contributed by atoms with Gasteiger partial charge in [-0.25, -0.2) is 22.3 Å². The van der Waals surface area contributed by atoms with E-state index >= 15 is 0 Å². The molecule has 0 atom stereocenters. The number of H-pyrrole nitrogens is 1. The summed E-state index contributed by atoms with van der Waals surface area (Å²) in [6.07, 6.45) is 0.124. The summed E-state index contributed by atoms with van der Waals surface area (Å²) in [4.78, 5) is -0.0417. The molecule has 1 aromatic heterocycles. The fraction of sp³-hybridized carbons (Fsp3) is 0.0667. The third-order valence-corrected chi connectivity index (χ3v) is 4.65. The van der Waals surface area contributed by atoms with Crippen LogP contribution in [0.2, 0.25) is 0 Å². The molecule has 2 aromatic carbocycles. The van der Waals surface area contributed by atoms with Crippen molar-refractivity contribution in [2.45, 2.75) is 11.3 Å². The number of primary sulfonamides is 1. The summed E-state index contributed by atoms with van der Waals surface area (Å²) < 4.78 is 51.2. The van der Waals surface area contributed by atoms with Gasteiger partial charge in [-0.1, -0.05) is 0 Å². The predicted molar refractivity (Wildman–Crippen MR) is 89.3 cm³/mol. The van der Waals surface area contributed by atoms with Gasteiger partial charge in [0.25, 0.3) is 0 Å². The zero-order valence-electron chi connectivity index (χ0n) is 12.6. The van der Waals surface area contributed by atoms with E-state index in [9.17, 15) is 17.2 Å². The molecule has 0 spiro atoms. The molecule has 3 aromatic rings. The van der Waals surface area contributed by atoms with E-state index in [1.165, 1.54) is 36.4 Å². The average molecular weight is 382 g/mol. The number of nitrogens with zero attached hydrogens (tertiary/aromatic N) is 2. The first-order valence-corrected chi connectivity index (χ1v) is 8.94. The molecule has 25 heavy (non-hydrogen) atoms. The lowest BCUT2D eigenvalue weighted by atomic mass is 10.1. The minimum atomic E-state index is -3.81. The van der Waals surface area contributed by atoms with E-state index < -0.39 is 21.7 Å². The van der Waals surface area contributed by atoms with Gasteiger partial charge in [0.15, 0.2) is 4.77 Å². The third-order valence-electron chi connectivity index (χ3n) is 3.45. The van der Waals surface area contributed by atoms with Crippen molar-refractivity contribution in [1.82, 2.24) is 14.8 Å². The normalized spacial score (nSPS) is 11.6. The van der Waals surface area contributed by atoms with Crippen molar-refractivity contribution in [1.29, 1.82) is 0 Å². The van der Waals surface area contributed by atoms with Gasteiger partial charge in [0.05, 0.1) is 4.90 Å². The number of hydrogen-bond donors (Lipinski definition) is 2. The van der Waals surface area contributed by atoms with Crippen molar-refractivity contribution in [2.75, 3.05) is 0 Å². The maximum Gasteiger partial charge on any atom is 0.238 e. The number of benzene rings is 2. The Morgan fingerprint density at radius 2 is 1.72 bits per heavy atom. The Labute approximate surface area is 147 Å². The first-order chi connectivity index (χ1) is 11.7. The minimum Gasteiger partial charge on any atom is -0.272 e. The number of rotatable bonds is 4. The largest absolute Gasteiger partial charge is 0.272 e. The van der Waals surface area contributed by atoms with Gasteiger partial charge in [0.2, 0.25) is 10.0 Å². The van der Waals surface area contributed by atoms with E-state index in [1.807, 2.05) is 0 Å². The molecule has 0 radical (unpaired) electrons. The second-order valence-corrected chi connectivity index (χ2v) is 7.22. The molecule has 0 aliphatic carbocycles. The number of halogens is 2. The summed E-state index contributed by atoms with van der Waals surface area (Å²) in [7, 11) is -3.81. The van der Waals surface area contributed by atoms with Crippen LogP contribution in [0.5, 0.6) is 0 Å². The Balaban J connectivity index is 2.01. The zero-order valence-corrected chi connectivity index (χ0v) is 14.2. The van der Waals surface area contributed by atoms with Gasteiger partial charge in [-0.2, -0.15) is 5.10 Å². The van der Waals surface area contributed by atoms with Crippen LogP contribution in [-0.4, -0.2) is 23.2 Å². The van der Waals surface area contributed by atoms with Crippen molar-refractivity contribution < 1.29 is 17.2 Å². The van der Waals surface area contributed by atoms with Crippen LogP contribution < -0.4 is 5.14 Å². The standard InChI is InChI=1S/C15H12F2N4O2S2/c16-10-5-9(6-11(17)8-10)7-14-19-20-15(24)21(14)12-1-3-13(4-2-12)25(18,22)23/h1-6,8H,7H2,(H,20,24)(H2,18,22,23). The first-order valence-electron chi connectivity index (χ1n) is 6.98. The highest BCUT2D eigenvalue weighted by Gasteiger charge is 2.13. The number of nitrogens with two attached hydrogens (primary N) is 1. The Morgan fingerprint density at radius 1 is 1.12 bits per heavy atom. The molecule has 3 N–H and O–H groups in total. The lowest BCUT2D eigenvalue weighted by Gasteiger charge is -2.08. The van der Waals surface area contributed by atoms with Crippen LogP contribution in [0.25, 0.3) is 5.69 Å². The van der Waals surface area contributed by atoms with Crippen LogP contribution in [0.3, 0.4) is 0 Å². The summed E-state index contributed by atoms with van der Waals surface area (Å²) >= 11 is 5.18. The molecule has 0 saturated heterocycles. The molecule has 6 nitrogen and oxygen atoms in total. The Hall–Kier alpha value is -2.43. The molecule has 130 valence electrons. The van der Waals surface area contributed by atoms with E-state index in [-0.39, 0.29) is 16.1 Å². The van der Waals surface area contributed by atoms with Crippen molar-refractivity contribution in [3.8, 4) is 5.69 Å².